The van der Waals surface area contributed by atoms with E-state index < -0.39 is 20.0 Å². The molecule has 0 unspecified atom stereocenters. The zero-order valence-corrected chi connectivity index (χ0v) is 14.3. The molecule has 0 radical (unpaired) electrons. The van der Waals surface area contributed by atoms with Gasteiger partial charge in [-0.15, -0.1) is 0 Å². The van der Waals surface area contributed by atoms with Crippen LogP contribution in [0, 0.1) is 0 Å². The lowest BCUT2D eigenvalue weighted by Crippen LogP contribution is -2.34. The molecule has 0 spiro atoms. The van der Waals surface area contributed by atoms with E-state index in [9.17, 15) is 16.8 Å². The smallest absolute Gasteiger partial charge is 0.210 e. The molecule has 9 heteroatoms. The monoisotopic (exact) mass is 374 g/mol. The van der Waals surface area contributed by atoms with Gasteiger partial charge in [0, 0.05) is 18.1 Å². The average molecular weight is 375 g/mol. The Labute approximate surface area is 140 Å². The Balaban J connectivity index is 1.91. The molecule has 0 fully saturated rings. The van der Waals surface area contributed by atoms with Crippen LogP contribution in [0.3, 0.4) is 0 Å². The molecule has 124 valence electrons. The van der Waals surface area contributed by atoms with Crippen LogP contribution in [0.2, 0.25) is 5.02 Å². The zero-order valence-electron chi connectivity index (χ0n) is 11.9. The van der Waals surface area contributed by atoms with Gasteiger partial charge in [-0.1, -0.05) is 29.8 Å². The van der Waals surface area contributed by atoms with Gasteiger partial charge in [0.25, 0.3) is 0 Å². The maximum atomic E-state index is 12.0. The van der Waals surface area contributed by atoms with Gasteiger partial charge in [0.1, 0.15) is 0 Å². The molecule has 0 saturated carbocycles. The van der Waals surface area contributed by atoms with Gasteiger partial charge < -0.3 is 0 Å². The number of benzene rings is 2. The number of rotatable bonds is 7. The van der Waals surface area contributed by atoms with Crippen LogP contribution in [0.1, 0.15) is 0 Å². The van der Waals surface area contributed by atoms with Crippen LogP contribution in [0.15, 0.2) is 64.4 Å². The minimum atomic E-state index is -3.70. The molecule has 0 bridgehead atoms. The van der Waals surface area contributed by atoms with Crippen molar-refractivity contribution < 1.29 is 16.8 Å². The van der Waals surface area contributed by atoms with Gasteiger partial charge in [-0.05, 0) is 36.4 Å². The summed E-state index contributed by atoms with van der Waals surface area (Å²) in [4.78, 5) is 0.188. The quantitative estimate of drug-likeness (QED) is 0.720. The molecule has 0 heterocycles. The second-order valence-corrected chi connectivity index (χ2v) is 8.53. The second kappa shape index (κ2) is 7.41. The van der Waals surface area contributed by atoms with Crippen molar-refractivity contribution in [3.63, 3.8) is 0 Å². The summed E-state index contributed by atoms with van der Waals surface area (Å²) in [5.74, 6) is 0. The fraction of sp³-hybridized carbons (Fsp3) is 0.143. The summed E-state index contributed by atoms with van der Waals surface area (Å²) in [5, 5.41) is 0.430. The van der Waals surface area contributed by atoms with Gasteiger partial charge in [0.15, 0.2) is 0 Å². The number of halogens is 1. The number of nitrogens with one attached hydrogen (secondary N) is 2. The molecule has 0 atom stereocenters. The van der Waals surface area contributed by atoms with Crippen molar-refractivity contribution in [2.75, 3.05) is 13.1 Å². The molecule has 0 saturated heterocycles. The minimum Gasteiger partial charge on any atom is -0.210 e. The Morgan fingerprint density at radius 2 is 1.13 bits per heavy atom. The van der Waals surface area contributed by atoms with E-state index in [-0.39, 0.29) is 22.9 Å². The van der Waals surface area contributed by atoms with Crippen LogP contribution >= 0.6 is 11.6 Å². The van der Waals surface area contributed by atoms with Crippen LogP contribution < -0.4 is 9.44 Å². The molecule has 6 nitrogen and oxygen atoms in total. The second-order valence-electron chi connectivity index (χ2n) is 4.56. The Morgan fingerprint density at radius 3 is 1.61 bits per heavy atom. The van der Waals surface area contributed by atoms with Gasteiger partial charge in [0.2, 0.25) is 20.0 Å². The van der Waals surface area contributed by atoms with E-state index in [0.29, 0.717) is 5.02 Å². The number of sulfonamides is 2. The molecule has 0 aliphatic heterocycles. The first kappa shape index (κ1) is 17.9. The standard InChI is InChI=1S/C14H15ClN2O4S2/c15-12-6-8-14(9-7-12)23(20,21)17-11-10-16-22(18,19)13-4-2-1-3-5-13/h1-9,16-17H,10-11H2. The molecule has 0 aliphatic rings. The molecule has 0 aromatic heterocycles. The molecule has 0 amide bonds. The van der Waals surface area contributed by atoms with E-state index in [4.69, 9.17) is 11.6 Å². The van der Waals surface area contributed by atoms with E-state index >= 15 is 0 Å². The topological polar surface area (TPSA) is 92.3 Å². The van der Waals surface area contributed by atoms with Gasteiger partial charge in [-0.2, -0.15) is 0 Å². The van der Waals surface area contributed by atoms with Gasteiger partial charge in [-0.3, -0.25) is 0 Å². The maximum absolute atomic E-state index is 12.0. The Morgan fingerprint density at radius 1 is 0.696 bits per heavy atom. The fourth-order valence-electron chi connectivity index (χ4n) is 1.75. The number of hydrogen-bond donors (Lipinski definition) is 2. The van der Waals surface area contributed by atoms with Crippen molar-refractivity contribution in [2.24, 2.45) is 0 Å². The molecule has 2 rings (SSSR count). The summed E-state index contributed by atoms with van der Waals surface area (Å²) < 4.78 is 52.6. The first-order chi connectivity index (χ1) is 10.8. The van der Waals surface area contributed by atoms with Crippen molar-refractivity contribution in [3.8, 4) is 0 Å². The highest BCUT2D eigenvalue weighted by atomic mass is 35.5. The van der Waals surface area contributed by atoms with E-state index in [1.54, 1.807) is 18.2 Å². The first-order valence-corrected chi connectivity index (χ1v) is 9.96. The van der Waals surface area contributed by atoms with E-state index in [1.165, 1.54) is 36.4 Å². The van der Waals surface area contributed by atoms with Gasteiger partial charge in [-0.25, -0.2) is 26.3 Å². The van der Waals surface area contributed by atoms with Crippen LogP contribution in [-0.2, 0) is 20.0 Å². The van der Waals surface area contributed by atoms with Crippen LogP contribution in [0.5, 0.6) is 0 Å². The van der Waals surface area contributed by atoms with Crippen LogP contribution in [0.25, 0.3) is 0 Å². The van der Waals surface area contributed by atoms with Crippen LogP contribution in [0.4, 0.5) is 0 Å². The highest BCUT2D eigenvalue weighted by molar-refractivity contribution is 7.89. The zero-order chi connectivity index (χ0) is 16.9. The van der Waals surface area contributed by atoms with Crippen molar-refractivity contribution in [1.82, 2.24) is 9.44 Å². The lowest BCUT2D eigenvalue weighted by Gasteiger charge is -2.09. The molecule has 2 N–H and O–H groups in total. The van der Waals surface area contributed by atoms with Gasteiger partial charge >= 0.3 is 0 Å². The highest BCUT2D eigenvalue weighted by Crippen LogP contribution is 2.13. The summed E-state index contributed by atoms with van der Waals surface area (Å²) in [6.45, 7) is -0.138. The summed E-state index contributed by atoms with van der Waals surface area (Å²) in [5.41, 5.74) is 0. The predicted octanol–water partition coefficient (Wildman–Crippen LogP) is 1.60. The van der Waals surface area contributed by atoms with Crippen molar-refractivity contribution >= 4 is 31.6 Å². The molecule has 2 aromatic carbocycles. The molecular formula is C14H15ClN2O4S2. The molecular weight excluding hydrogens is 360 g/mol. The summed E-state index contributed by atoms with van der Waals surface area (Å²) in [6.07, 6.45) is 0. The first-order valence-electron chi connectivity index (χ1n) is 6.61. The Kier molecular flexibility index (Phi) is 5.77. The fourth-order valence-corrected chi connectivity index (χ4v) is 3.96. The highest BCUT2D eigenvalue weighted by Gasteiger charge is 2.15. The van der Waals surface area contributed by atoms with Crippen molar-refractivity contribution in [1.29, 1.82) is 0 Å². The van der Waals surface area contributed by atoms with Crippen LogP contribution in [-0.4, -0.2) is 29.9 Å². The summed E-state index contributed by atoms with van der Waals surface area (Å²) >= 11 is 5.71. The third-order valence-electron chi connectivity index (χ3n) is 2.89. The number of hydrogen-bond acceptors (Lipinski definition) is 4. The minimum absolute atomic E-state index is 0.0628. The average Bonchev–Trinajstić information content (AvgIpc) is 2.53. The third kappa shape index (κ3) is 5.02. The summed E-state index contributed by atoms with van der Waals surface area (Å²) in [6, 6.07) is 13.5. The predicted molar refractivity (Wildman–Crippen MR) is 88.3 cm³/mol. The van der Waals surface area contributed by atoms with E-state index in [0.717, 1.165) is 0 Å². The lowest BCUT2D eigenvalue weighted by molar-refractivity contribution is 0.570. The molecule has 23 heavy (non-hydrogen) atoms. The third-order valence-corrected chi connectivity index (χ3v) is 6.09. The lowest BCUT2D eigenvalue weighted by atomic mass is 10.4. The van der Waals surface area contributed by atoms with Crippen molar-refractivity contribution in [3.05, 3.63) is 59.6 Å². The van der Waals surface area contributed by atoms with E-state index in [1.807, 2.05) is 0 Å². The normalized spacial score (nSPS) is 12.2. The van der Waals surface area contributed by atoms with Crippen molar-refractivity contribution in [2.45, 2.75) is 9.79 Å². The summed E-state index contributed by atoms with van der Waals surface area (Å²) in [7, 11) is -7.35. The molecule has 0 aliphatic carbocycles. The van der Waals surface area contributed by atoms with Gasteiger partial charge in [0.05, 0.1) is 9.79 Å². The Bertz CT molecular complexity index is 851. The maximum Gasteiger partial charge on any atom is 0.240 e. The Hall–Kier alpha value is -1.45. The molecule has 2 aromatic rings. The SMILES string of the molecule is O=S(=O)(NCCNS(=O)(=O)c1ccc(Cl)cc1)c1ccccc1. The van der Waals surface area contributed by atoms with E-state index in [2.05, 4.69) is 9.44 Å². The largest absolute Gasteiger partial charge is 0.240 e.